The molecule has 2 aromatic rings. The van der Waals surface area contributed by atoms with Crippen molar-refractivity contribution in [1.82, 2.24) is 4.90 Å². The number of aryl methyl sites for hydroxylation is 2. The number of hydrogen-bond donors (Lipinski definition) is 8. The molecule has 2 aromatic carbocycles. The first kappa shape index (κ1) is 87.7. The average molecular weight is 1430 g/mol. The van der Waals surface area contributed by atoms with Gasteiger partial charge in [-0.05, 0) is 125 Å². The Labute approximate surface area is 584 Å². The van der Waals surface area contributed by atoms with Crippen molar-refractivity contribution < 1.29 is 124 Å². The molecule has 3 aliphatic heterocycles. The number of aliphatic hydroxyl groups is 4. The molecule has 18 unspecified atom stereocenters. The number of esters is 3. The number of nitrogens with zero attached hydrogens (tertiary/aromatic N) is 1. The molecule has 566 valence electrons. The molecule has 0 saturated carbocycles. The number of unbranched alkanes of at least 4 members (excludes halogenated alkanes) is 9. The number of phenols is 2. The number of ketones is 1. The Hall–Kier alpha value is -5.47. The van der Waals surface area contributed by atoms with Crippen LogP contribution in [-0.4, -0.2) is 209 Å². The molecule has 3 aliphatic rings. The first-order valence-electron chi connectivity index (χ1n) is 34.4. The predicted molar refractivity (Wildman–Crippen MR) is 364 cm³/mol. The Morgan fingerprint density at radius 3 is 1.85 bits per heavy atom. The number of hydrogen-bond acceptors (Lipinski definition) is 25. The number of carbonyl (C=O) groups is 6. The van der Waals surface area contributed by atoms with E-state index in [4.69, 9.17) is 47.2 Å². The van der Waals surface area contributed by atoms with Crippen LogP contribution in [0.5, 0.6) is 23.0 Å². The van der Waals surface area contributed by atoms with Gasteiger partial charge in [0.05, 0.1) is 73.0 Å². The molecule has 3 saturated heterocycles. The lowest BCUT2D eigenvalue weighted by Gasteiger charge is -2.49. The smallest absolute Gasteiger partial charge is 0.397 e. The molecule has 99 heavy (non-hydrogen) atoms. The fraction of sp³-hybridized carbons (Fsp3) is 0.746. The van der Waals surface area contributed by atoms with Gasteiger partial charge in [0.25, 0.3) is 0 Å². The van der Waals surface area contributed by atoms with Gasteiger partial charge in [-0.25, -0.2) is 13.8 Å². The van der Waals surface area contributed by atoms with Crippen LogP contribution in [-0.2, 0) is 62.1 Å². The summed E-state index contributed by atoms with van der Waals surface area (Å²) in [6.07, 6.45) is 2.52. The third-order valence-corrected chi connectivity index (χ3v) is 19.7. The highest BCUT2D eigenvalue weighted by molar-refractivity contribution is 7.80. The highest BCUT2D eigenvalue weighted by atomic mass is 32.3. The second kappa shape index (κ2) is 39.3. The van der Waals surface area contributed by atoms with Crippen molar-refractivity contribution in [2.24, 2.45) is 23.7 Å². The number of carbonyl (C=O) groups excluding carboxylic acids is 5. The monoisotopic (exact) mass is 1430 g/mol. The lowest BCUT2D eigenvalue weighted by atomic mass is 9.74. The Morgan fingerprint density at radius 1 is 0.758 bits per heavy atom. The van der Waals surface area contributed by atoms with Crippen molar-refractivity contribution in [1.29, 1.82) is 0 Å². The maximum absolute atomic E-state index is 14.2. The first-order valence-corrected chi connectivity index (χ1v) is 35.8. The second-order valence-electron chi connectivity index (χ2n) is 27.6. The van der Waals surface area contributed by atoms with E-state index in [1.54, 1.807) is 48.5 Å². The molecule has 5 rings (SSSR count). The third kappa shape index (κ3) is 24.1. The summed E-state index contributed by atoms with van der Waals surface area (Å²) in [6.45, 7) is 24.7. The zero-order valence-corrected chi connectivity index (χ0v) is 62.3. The van der Waals surface area contributed by atoms with Gasteiger partial charge in [0.2, 0.25) is 0 Å². The number of likely N-dealkylation sites (N-methyl/N-ethyl adjacent to an activating group) is 1. The molecule has 27 nitrogen and oxygen atoms in total. The van der Waals surface area contributed by atoms with Gasteiger partial charge < -0.3 is 83.3 Å². The zero-order chi connectivity index (χ0) is 75.4. The van der Waals surface area contributed by atoms with Crippen molar-refractivity contribution in [2.45, 2.75) is 284 Å². The van der Waals surface area contributed by atoms with Crippen molar-refractivity contribution in [2.75, 3.05) is 34.9 Å². The molecule has 0 aromatic heterocycles. The number of carboxylic acids is 1. The van der Waals surface area contributed by atoms with Crippen LogP contribution >= 0.6 is 0 Å². The van der Waals surface area contributed by atoms with Gasteiger partial charge in [-0.15, -0.1) is 0 Å². The number of cyclic esters (lactones) is 1. The summed E-state index contributed by atoms with van der Waals surface area (Å²) in [5, 5.41) is 76.1. The number of phenolic OH excluding ortho intramolecular Hbond substituents is 1. The first-order chi connectivity index (χ1) is 46.1. The van der Waals surface area contributed by atoms with Crippen LogP contribution in [0.3, 0.4) is 0 Å². The van der Waals surface area contributed by atoms with Gasteiger partial charge in [0, 0.05) is 43.3 Å². The molecule has 8 N–H and O–H groups in total. The summed E-state index contributed by atoms with van der Waals surface area (Å²) < 4.78 is 86.9. The number of aliphatic hydroxyl groups excluding tert-OH is 2. The molecule has 28 heteroatoms. The summed E-state index contributed by atoms with van der Waals surface area (Å²) in [4.78, 5) is 78.1. The molecule has 3 heterocycles. The van der Waals surface area contributed by atoms with Crippen molar-refractivity contribution in [3.05, 3.63) is 45.5 Å². The number of aromatic carboxylic acids is 1. The van der Waals surface area contributed by atoms with E-state index in [-0.39, 0.29) is 83.8 Å². The molecule has 0 spiro atoms. The highest BCUT2D eigenvalue weighted by Crippen LogP contribution is 2.43. The number of rotatable bonds is 26. The number of benzene rings is 2. The molecule has 0 amide bonds. The third-order valence-electron chi connectivity index (χ3n) is 19.2. The van der Waals surface area contributed by atoms with Gasteiger partial charge in [-0.1, -0.05) is 99.3 Å². The van der Waals surface area contributed by atoms with E-state index in [0.29, 0.717) is 24.7 Å². The van der Waals surface area contributed by atoms with Crippen LogP contribution in [0.1, 0.15) is 227 Å². The minimum atomic E-state index is -4.23. The Morgan fingerprint density at radius 2 is 1.33 bits per heavy atom. The van der Waals surface area contributed by atoms with Crippen LogP contribution in [0.15, 0.2) is 12.1 Å². The molecular formula is C71H115NO26S. The Balaban J connectivity index is 0.000000475. The van der Waals surface area contributed by atoms with Crippen LogP contribution < -0.4 is 9.47 Å². The van der Waals surface area contributed by atoms with Gasteiger partial charge >= 0.3 is 34.3 Å². The van der Waals surface area contributed by atoms with Crippen LogP contribution in [0, 0.1) is 44.4 Å². The summed E-state index contributed by atoms with van der Waals surface area (Å²) in [6, 6.07) is 2.39. The van der Waals surface area contributed by atoms with E-state index >= 15 is 0 Å². The quantitative estimate of drug-likeness (QED) is 0.0143. The van der Waals surface area contributed by atoms with Crippen molar-refractivity contribution in [3.63, 3.8) is 0 Å². The van der Waals surface area contributed by atoms with Crippen LogP contribution in [0.4, 0.5) is 0 Å². The minimum Gasteiger partial charge on any atom is -0.507 e. The van der Waals surface area contributed by atoms with Gasteiger partial charge in [-0.2, -0.15) is 8.42 Å². The topological polar surface area (TPSA) is 394 Å². The van der Waals surface area contributed by atoms with E-state index in [1.165, 1.54) is 113 Å². The van der Waals surface area contributed by atoms with Crippen LogP contribution in [0.2, 0.25) is 0 Å². The van der Waals surface area contributed by atoms with Gasteiger partial charge in [0.1, 0.15) is 57.7 Å². The number of ether oxygens (including phenoxy) is 9. The fourth-order valence-electron chi connectivity index (χ4n) is 13.2. The normalized spacial score (nSPS) is 30.9. The fourth-order valence-corrected chi connectivity index (χ4v) is 13.6. The number of aromatic hydroxyl groups is 2. The molecule has 0 radical (unpaired) electrons. The second-order valence-corrected chi connectivity index (χ2v) is 28.7. The molecule has 0 aliphatic carbocycles. The van der Waals surface area contributed by atoms with Gasteiger partial charge in [-0.3, -0.25) is 23.7 Å². The largest absolute Gasteiger partial charge is 0.507 e. The summed E-state index contributed by atoms with van der Waals surface area (Å²) >= 11 is 0. The van der Waals surface area contributed by atoms with E-state index < -0.39 is 147 Å². The number of methoxy groups -OCH3 is 2. The lowest BCUT2D eigenvalue weighted by molar-refractivity contribution is -0.319. The van der Waals surface area contributed by atoms with Crippen LogP contribution in [0.25, 0.3) is 0 Å². The Bertz CT molecular complexity index is 3080. The van der Waals surface area contributed by atoms with E-state index in [2.05, 4.69) is 11.1 Å². The zero-order valence-electron chi connectivity index (χ0n) is 61.5. The number of aldehydes is 1. The lowest BCUT2D eigenvalue weighted by Crippen LogP contribution is -2.61. The van der Waals surface area contributed by atoms with E-state index in [0.717, 1.165) is 12.8 Å². The summed E-state index contributed by atoms with van der Waals surface area (Å²) in [5.41, 5.74) is -5.23. The maximum Gasteiger partial charge on any atom is 0.397 e. The van der Waals surface area contributed by atoms with Gasteiger partial charge in [0.15, 0.2) is 25.0 Å². The highest BCUT2D eigenvalue weighted by Gasteiger charge is 2.54. The standard InChI is InChI=1S/C40H71NO14.C19H18O8.C12H26O4S/c1-15-27-40(11,48)33(44)22(5)30(43)20(3)18-38(9,47)35(55-37-32(53-28(42)16-2)26(41(12)13)17-21(4)50-37)23(6)31(24(7)36(46)52-27)54-29-19-39(10,49-14)34(45)25(8)51-29;1-8-5-13(26-4)11(7-20)17(22)14(8)19(25)27-12-6-9(2)16(21)15(10(12)3)18(23)24;1-2-3-4-5-6-7-8-9-10-11-12-16-17(13,14)15/h20-27,29,31-35,37,44-45,47-48H,15-19H2,1-14H3;5-7,21-22H,1-4H3,(H,23,24);2-12H2,1H3,(H,13,14,15). The maximum atomic E-state index is 14.2. The molecule has 0 bridgehead atoms. The van der Waals surface area contributed by atoms with Crippen molar-refractivity contribution in [3.8, 4) is 23.0 Å². The molecule has 3 fully saturated rings. The van der Waals surface area contributed by atoms with Crippen molar-refractivity contribution >= 4 is 46.3 Å². The summed E-state index contributed by atoms with van der Waals surface area (Å²) in [7, 11) is 2.29. The van der Waals surface area contributed by atoms with E-state index in [1.807, 2.05) is 25.9 Å². The number of carboxylic acid groups (broad SMARTS) is 1. The Kier molecular flexibility index (Phi) is 34.8. The number of Topliss-reactive ketones (excluding diaryl/α,β-unsaturated/α-hetero) is 1. The summed E-state index contributed by atoms with van der Waals surface area (Å²) in [5.74, 6) is -8.96. The minimum absolute atomic E-state index is 0.0419. The SMILES string of the molecule is CCC(=O)OC1C(OC2C(C)C(OC3CC(C)(OC)C(O)C(C)O3)C(C)C(=O)OC(CC)C(C)(O)C(O)C(C)C(=O)C(C)CC2(C)O)OC(C)CC1N(C)C.CCCCCCCCCCCCOS(=O)(=O)O.COc1cc(C)c(C(=O)Oc2cc(C)c(O)c(C(=O)O)c2C)c(O)c1C=O. The average Bonchev–Trinajstić information content (AvgIpc) is 0.781. The van der Waals surface area contributed by atoms with E-state index in [9.17, 15) is 72.9 Å². The predicted octanol–water partition coefficient (Wildman–Crippen LogP) is 9.23. The molecule has 18 atom stereocenters. The molecular weight excluding hydrogens is 1310 g/mol.